The third kappa shape index (κ3) is 5.02. The number of hydrogen-bond donors (Lipinski definition) is 2. The first kappa shape index (κ1) is 17.4. The Morgan fingerprint density at radius 3 is 2.48 bits per heavy atom. The van der Waals surface area contributed by atoms with Crippen LogP contribution >= 0.6 is 0 Å². The molecule has 0 amide bonds. The molecule has 130 valence electrons. The van der Waals surface area contributed by atoms with Crippen LogP contribution in [0.3, 0.4) is 0 Å². The SMILES string of the molecule is CC(O)CC(CNCc1ccc(-n2ccnc2)cc1)c1ccccc1. The third-order valence-corrected chi connectivity index (χ3v) is 4.36. The molecule has 0 aliphatic heterocycles. The minimum absolute atomic E-state index is 0.304. The van der Waals surface area contributed by atoms with Crippen LogP contribution < -0.4 is 5.32 Å². The summed E-state index contributed by atoms with van der Waals surface area (Å²) in [6, 6.07) is 18.9. The Morgan fingerprint density at radius 1 is 1.08 bits per heavy atom. The summed E-state index contributed by atoms with van der Waals surface area (Å²) < 4.78 is 1.99. The molecule has 0 aliphatic carbocycles. The van der Waals surface area contributed by atoms with Gasteiger partial charge in [-0.05, 0) is 42.5 Å². The zero-order valence-electron chi connectivity index (χ0n) is 14.5. The van der Waals surface area contributed by atoms with Gasteiger partial charge in [0.2, 0.25) is 0 Å². The monoisotopic (exact) mass is 335 g/mol. The second-order valence-electron chi connectivity index (χ2n) is 6.46. The number of nitrogens with one attached hydrogen (secondary N) is 1. The van der Waals surface area contributed by atoms with Crippen molar-refractivity contribution in [1.82, 2.24) is 14.9 Å². The van der Waals surface area contributed by atoms with Gasteiger partial charge in [0, 0.05) is 31.2 Å². The van der Waals surface area contributed by atoms with Gasteiger partial charge >= 0.3 is 0 Å². The summed E-state index contributed by atoms with van der Waals surface area (Å²) in [6.07, 6.45) is 5.97. The van der Waals surface area contributed by atoms with Crippen molar-refractivity contribution < 1.29 is 5.11 Å². The highest BCUT2D eigenvalue weighted by molar-refractivity contribution is 5.34. The average Bonchev–Trinajstić information content (AvgIpc) is 3.16. The first-order chi connectivity index (χ1) is 12.2. The third-order valence-electron chi connectivity index (χ3n) is 4.36. The Bertz CT molecular complexity index is 737. The van der Waals surface area contributed by atoms with Gasteiger partial charge in [0.1, 0.15) is 0 Å². The molecule has 0 saturated heterocycles. The molecule has 0 radical (unpaired) electrons. The van der Waals surface area contributed by atoms with E-state index in [1.54, 1.807) is 12.5 Å². The van der Waals surface area contributed by atoms with Crippen molar-refractivity contribution in [3.63, 3.8) is 0 Å². The molecule has 2 unspecified atom stereocenters. The fourth-order valence-electron chi connectivity index (χ4n) is 3.06. The summed E-state index contributed by atoms with van der Waals surface area (Å²) >= 11 is 0. The number of rotatable bonds is 8. The maximum atomic E-state index is 9.79. The lowest BCUT2D eigenvalue weighted by molar-refractivity contribution is 0.173. The number of aromatic nitrogens is 2. The summed E-state index contributed by atoms with van der Waals surface area (Å²) in [7, 11) is 0. The number of aliphatic hydroxyl groups excluding tert-OH is 1. The van der Waals surface area contributed by atoms with E-state index in [-0.39, 0.29) is 6.10 Å². The van der Waals surface area contributed by atoms with Gasteiger partial charge in [-0.2, -0.15) is 0 Å². The lowest BCUT2D eigenvalue weighted by Gasteiger charge is -2.20. The Labute approximate surface area is 149 Å². The van der Waals surface area contributed by atoms with Crippen LogP contribution in [-0.2, 0) is 6.54 Å². The smallest absolute Gasteiger partial charge is 0.0991 e. The maximum absolute atomic E-state index is 9.79. The first-order valence-corrected chi connectivity index (χ1v) is 8.73. The van der Waals surface area contributed by atoms with E-state index in [0.717, 1.165) is 25.2 Å². The molecule has 0 fully saturated rings. The van der Waals surface area contributed by atoms with Gasteiger partial charge < -0.3 is 15.0 Å². The summed E-state index contributed by atoms with van der Waals surface area (Å²) in [6.45, 7) is 3.51. The number of benzene rings is 2. The van der Waals surface area contributed by atoms with Gasteiger partial charge in [-0.25, -0.2) is 4.98 Å². The molecular formula is C21H25N3O. The zero-order valence-corrected chi connectivity index (χ0v) is 14.5. The van der Waals surface area contributed by atoms with Gasteiger partial charge in [-0.1, -0.05) is 42.5 Å². The van der Waals surface area contributed by atoms with Gasteiger partial charge in [0.05, 0.1) is 12.4 Å². The quantitative estimate of drug-likeness (QED) is 0.662. The number of nitrogens with zero attached hydrogens (tertiary/aromatic N) is 2. The molecule has 1 aromatic heterocycles. The standard InChI is InChI=1S/C21H25N3O/c1-17(25)13-20(19-5-3-2-4-6-19)15-23-14-18-7-9-21(10-8-18)24-12-11-22-16-24/h2-12,16-17,20,23,25H,13-15H2,1H3. The lowest BCUT2D eigenvalue weighted by Crippen LogP contribution is -2.23. The largest absolute Gasteiger partial charge is 0.393 e. The van der Waals surface area contributed by atoms with E-state index in [2.05, 4.69) is 58.8 Å². The van der Waals surface area contributed by atoms with Crippen molar-refractivity contribution in [1.29, 1.82) is 0 Å². The number of aliphatic hydroxyl groups is 1. The minimum atomic E-state index is -0.304. The lowest BCUT2D eigenvalue weighted by atomic mass is 9.93. The number of imidazole rings is 1. The van der Waals surface area contributed by atoms with Gasteiger partial charge in [-0.3, -0.25) is 0 Å². The molecule has 1 heterocycles. The van der Waals surface area contributed by atoms with E-state index >= 15 is 0 Å². The highest BCUT2D eigenvalue weighted by atomic mass is 16.3. The normalized spacial score (nSPS) is 13.5. The van der Waals surface area contributed by atoms with Crippen LogP contribution in [0.1, 0.15) is 30.4 Å². The molecule has 2 atom stereocenters. The van der Waals surface area contributed by atoms with Crippen LogP contribution in [-0.4, -0.2) is 27.3 Å². The van der Waals surface area contributed by atoms with Gasteiger partial charge in [0.15, 0.2) is 0 Å². The molecule has 3 rings (SSSR count). The van der Waals surface area contributed by atoms with E-state index in [1.165, 1.54) is 11.1 Å². The van der Waals surface area contributed by atoms with Crippen LogP contribution in [0.25, 0.3) is 5.69 Å². The van der Waals surface area contributed by atoms with Crippen molar-refractivity contribution in [2.75, 3.05) is 6.54 Å². The maximum Gasteiger partial charge on any atom is 0.0991 e. The van der Waals surface area contributed by atoms with Crippen LogP contribution in [0.5, 0.6) is 0 Å². The second kappa shape index (κ2) is 8.60. The highest BCUT2D eigenvalue weighted by Crippen LogP contribution is 2.20. The van der Waals surface area contributed by atoms with Crippen molar-refractivity contribution in [3.8, 4) is 5.69 Å². The first-order valence-electron chi connectivity index (χ1n) is 8.73. The molecule has 4 heteroatoms. The van der Waals surface area contributed by atoms with Gasteiger partial charge in [0.25, 0.3) is 0 Å². The molecule has 0 saturated carbocycles. The van der Waals surface area contributed by atoms with E-state index in [9.17, 15) is 5.11 Å². The Balaban J connectivity index is 1.56. The molecule has 0 spiro atoms. The fourth-order valence-corrected chi connectivity index (χ4v) is 3.06. The predicted octanol–water partition coefficient (Wildman–Crippen LogP) is 3.52. The molecule has 4 nitrogen and oxygen atoms in total. The summed E-state index contributed by atoms with van der Waals surface area (Å²) in [5.74, 6) is 0.312. The molecule has 3 aromatic rings. The van der Waals surface area contributed by atoms with Crippen molar-refractivity contribution >= 4 is 0 Å². The highest BCUT2D eigenvalue weighted by Gasteiger charge is 2.13. The van der Waals surface area contributed by atoms with Crippen LogP contribution in [0, 0.1) is 0 Å². The zero-order chi connectivity index (χ0) is 17.5. The average molecular weight is 335 g/mol. The summed E-state index contributed by atoms with van der Waals surface area (Å²) in [5.41, 5.74) is 3.62. The van der Waals surface area contributed by atoms with Crippen LogP contribution in [0.2, 0.25) is 0 Å². The molecule has 2 aromatic carbocycles. The summed E-state index contributed by atoms with van der Waals surface area (Å²) in [4.78, 5) is 4.07. The van der Waals surface area contributed by atoms with E-state index < -0.39 is 0 Å². The van der Waals surface area contributed by atoms with Crippen LogP contribution in [0.15, 0.2) is 73.3 Å². The van der Waals surface area contributed by atoms with Crippen molar-refractivity contribution in [2.24, 2.45) is 0 Å². The number of hydrogen-bond acceptors (Lipinski definition) is 3. The Hall–Kier alpha value is -2.43. The van der Waals surface area contributed by atoms with Crippen LogP contribution in [0.4, 0.5) is 0 Å². The van der Waals surface area contributed by atoms with E-state index in [1.807, 2.05) is 23.8 Å². The fraction of sp³-hybridized carbons (Fsp3) is 0.286. The van der Waals surface area contributed by atoms with Crippen molar-refractivity contribution in [3.05, 3.63) is 84.4 Å². The van der Waals surface area contributed by atoms with Crippen molar-refractivity contribution in [2.45, 2.75) is 31.9 Å². The van der Waals surface area contributed by atoms with Gasteiger partial charge in [-0.15, -0.1) is 0 Å². The topological polar surface area (TPSA) is 50.1 Å². The Morgan fingerprint density at radius 2 is 1.84 bits per heavy atom. The second-order valence-corrected chi connectivity index (χ2v) is 6.46. The molecule has 2 N–H and O–H groups in total. The molecule has 0 aliphatic rings. The van der Waals surface area contributed by atoms with E-state index in [4.69, 9.17) is 0 Å². The molecule has 0 bridgehead atoms. The predicted molar refractivity (Wildman–Crippen MR) is 101 cm³/mol. The minimum Gasteiger partial charge on any atom is -0.393 e. The Kier molecular flexibility index (Phi) is 5.99. The van der Waals surface area contributed by atoms with E-state index in [0.29, 0.717) is 5.92 Å². The summed E-state index contributed by atoms with van der Waals surface area (Å²) in [5, 5.41) is 13.3. The molecule has 25 heavy (non-hydrogen) atoms. The molecular weight excluding hydrogens is 310 g/mol.